The Balaban J connectivity index is 1.94. The van der Waals surface area contributed by atoms with Crippen molar-refractivity contribution in [3.63, 3.8) is 0 Å². The number of thiocarbonyl (C=S) groups is 1. The lowest BCUT2D eigenvalue weighted by Crippen LogP contribution is -2.33. The molecule has 3 nitrogen and oxygen atoms in total. The van der Waals surface area contributed by atoms with Gasteiger partial charge in [0.15, 0.2) is 5.11 Å². The van der Waals surface area contributed by atoms with E-state index in [1.807, 2.05) is 26.0 Å². The molecule has 0 amide bonds. The number of benzene rings is 2. The summed E-state index contributed by atoms with van der Waals surface area (Å²) in [5.74, 6) is -0.463. The third-order valence-corrected chi connectivity index (χ3v) is 3.21. The third-order valence-electron chi connectivity index (χ3n) is 2.72. The third kappa shape index (κ3) is 4.58. The standard InChI is InChI=1S/C15H15ClFN3S/c1-9-5-10(2)7-12(6-9)19-20-15(21)18-11-3-4-14(17)13(16)8-11/h3-8,19H,1-2H3,(H2,18,20,21). The molecule has 6 heteroatoms. The monoisotopic (exact) mass is 323 g/mol. The van der Waals surface area contributed by atoms with Crippen LogP contribution >= 0.6 is 23.8 Å². The molecule has 0 aliphatic heterocycles. The number of rotatable bonds is 3. The van der Waals surface area contributed by atoms with Gasteiger partial charge in [0.25, 0.3) is 0 Å². The van der Waals surface area contributed by atoms with Crippen molar-refractivity contribution in [3.05, 3.63) is 58.4 Å². The normalized spacial score (nSPS) is 10.1. The van der Waals surface area contributed by atoms with Gasteiger partial charge < -0.3 is 5.32 Å². The van der Waals surface area contributed by atoms with Crippen LogP contribution in [0.25, 0.3) is 0 Å². The van der Waals surface area contributed by atoms with Crippen LogP contribution in [0.15, 0.2) is 36.4 Å². The van der Waals surface area contributed by atoms with Crippen molar-refractivity contribution in [1.29, 1.82) is 0 Å². The highest BCUT2D eigenvalue weighted by Gasteiger charge is 2.03. The van der Waals surface area contributed by atoms with Crippen LogP contribution in [0.2, 0.25) is 5.02 Å². The first kappa shape index (κ1) is 15.5. The lowest BCUT2D eigenvalue weighted by atomic mass is 10.1. The van der Waals surface area contributed by atoms with Crippen LogP contribution in [-0.2, 0) is 0 Å². The Morgan fingerprint density at radius 1 is 1.05 bits per heavy atom. The Morgan fingerprint density at radius 2 is 1.71 bits per heavy atom. The lowest BCUT2D eigenvalue weighted by Gasteiger charge is -2.13. The maximum absolute atomic E-state index is 13.1. The maximum atomic E-state index is 13.1. The fourth-order valence-corrected chi connectivity index (χ4v) is 2.26. The van der Waals surface area contributed by atoms with E-state index in [9.17, 15) is 4.39 Å². The molecular formula is C15H15ClFN3S. The fraction of sp³-hybridized carbons (Fsp3) is 0.133. The molecule has 2 rings (SSSR count). The first-order valence-corrected chi connectivity index (χ1v) is 7.09. The van der Waals surface area contributed by atoms with Crippen molar-refractivity contribution < 1.29 is 4.39 Å². The van der Waals surface area contributed by atoms with E-state index in [0.717, 1.165) is 16.8 Å². The topological polar surface area (TPSA) is 36.1 Å². The quantitative estimate of drug-likeness (QED) is 0.577. The molecule has 0 unspecified atom stereocenters. The molecule has 0 fully saturated rings. The first-order chi connectivity index (χ1) is 9.94. The Morgan fingerprint density at radius 3 is 2.33 bits per heavy atom. The molecule has 2 aromatic carbocycles. The minimum Gasteiger partial charge on any atom is -0.331 e. The van der Waals surface area contributed by atoms with Crippen molar-refractivity contribution in [1.82, 2.24) is 5.43 Å². The Kier molecular flexibility index (Phi) is 4.98. The van der Waals surface area contributed by atoms with Crippen molar-refractivity contribution in [2.24, 2.45) is 0 Å². The predicted octanol–water partition coefficient (Wildman–Crippen LogP) is 4.41. The molecule has 2 aromatic rings. The Hall–Kier alpha value is -1.85. The van der Waals surface area contributed by atoms with Crippen molar-refractivity contribution >= 4 is 40.3 Å². The molecule has 21 heavy (non-hydrogen) atoms. The summed E-state index contributed by atoms with van der Waals surface area (Å²) in [6.07, 6.45) is 0. The molecule has 0 aliphatic carbocycles. The molecule has 0 heterocycles. The molecule has 0 spiro atoms. The first-order valence-electron chi connectivity index (χ1n) is 6.30. The zero-order chi connectivity index (χ0) is 15.4. The second kappa shape index (κ2) is 6.74. The molecule has 110 valence electrons. The number of anilines is 2. The van der Waals surface area contributed by atoms with Gasteiger partial charge in [0.2, 0.25) is 0 Å². The van der Waals surface area contributed by atoms with Crippen LogP contribution in [0.1, 0.15) is 11.1 Å². The van der Waals surface area contributed by atoms with Gasteiger partial charge in [-0.15, -0.1) is 0 Å². The van der Waals surface area contributed by atoms with Gasteiger partial charge in [-0.2, -0.15) is 0 Å². The van der Waals surface area contributed by atoms with E-state index in [1.165, 1.54) is 12.1 Å². The summed E-state index contributed by atoms with van der Waals surface area (Å²) in [4.78, 5) is 0. The summed E-state index contributed by atoms with van der Waals surface area (Å²) in [7, 11) is 0. The van der Waals surface area contributed by atoms with Gasteiger partial charge in [0.05, 0.1) is 10.7 Å². The SMILES string of the molecule is Cc1cc(C)cc(NNC(=S)Nc2ccc(F)c(Cl)c2)c1. The molecule has 3 N–H and O–H groups in total. The molecule has 0 saturated carbocycles. The van der Waals surface area contributed by atoms with Crippen LogP contribution in [0, 0.1) is 19.7 Å². The highest BCUT2D eigenvalue weighted by atomic mass is 35.5. The van der Waals surface area contributed by atoms with Crippen molar-refractivity contribution in [2.45, 2.75) is 13.8 Å². The number of nitrogens with one attached hydrogen (secondary N) is 3. The summed E-state index contributed by atoms with van der Waals surface area (Å²) in [5.41, 5.74) is 9.72. The van der Waals surface area contributed by atoms with Crippen LogP contribution in [0.3, 0.4) is 0 Å². The summed E-state index contributed by atoms with van der Waals surface area (Å²) in [6.45, 7) is 4.05. The molecule has 0 aliphatic rings. The second-order valence-corrected chi connectivity index (χ2v) is 5.52. The van der Waals surface area contributed by atoms with Gasteiger partial charge >= 0.3 is 0 Å². The fourth-order valence-electron chi connectivity index (χ4n) is 1.91. The Labute approximate surface area is 133 Å². The van der Waals surface area contributed by atoms with Gasteiger partial charge in [-0.25, -0.2) is 4.39 Å². The number of hydrogen-bond donors (Lipinski definition) is 3. The summed E-state index contributed by atoms with van der Waals surface area (Å²) < 4.78 is 13.1. The average molecular weight is 324 g/mol. The number of halogens is 2. The second-order valence-electron chi connectivity index (χ2n) is 4.71. The van der Waals surface area contributed by atoms with E-state index in [-0.39, 0.29) is 5.02 Å². The minimum atomic E-state index is -0.463. The van der Waals surface area contributed by atoms with Crippen molar-refractivity contribution in [3.8, 4) is 0 Å². The summed E-state index contributed by atoms with van der Waals surface area (Å²) in [6, 6.07) is 10.4. The molecule has 0 aromatic heterocycles. The molecule has 0 radical (unpaired) electrons. The van der Waals surface area contributed by atoms with Gasteiger partial charge in [-0.05, 0) is 67.5 Å². The summed E-state index contributed by atoms with van der Waals surface area (Å²) in [5, 5.41) is 3.32. The minimum absolute atomic E-state index is 0.0464. The predicted molar refractivity (Wildman–Crippen MR) is 90.3 cm³/mol. The van der Waals surface area contributed by atoms with Gasteiger partial charge in [0.1, 0.15) is 5.82 Å². The Bertz CT molecular complexity index is 656. The smallest absolute Gasteiger partial charge is 0.189 e. The number of hydrazine groups is 1. The van der Waals surface area contributed by atoms with Crippen LogP contribution in [0.4, 0.5) is 15.8 Å². The van der Waals surface area contributed by atoms with E-state index < -0.39 is 5.82 Å². The molecular weight excluding hydrogens is 309 g/mol. The van der Waals surface area contributed by atoms with E-state index >= 15 is 0 Å². The van der Waals surface area contributed by atoms with Gasteiger partial charge in [0, 0.05) is 5.69 Å². The zero-order valence-electron chi connectivity index (χ0n) is 11.6. The molecule has 0 atom stereocenters. The van der Waals surface area contributed by atoms with Crippen LogP contribution in [0.5, 0.6) is 0 Å². The van der Waals surface area contributed by atoms with Crippen molar-refractivity contribution in [2.75, 3.05) is 10.7 Å². The largest absolute Gasteiger partial charge is 0.331 e. The van der Waals surface area contributed by atoms with Gasteiger partial charge in [-0.1, -0.05) is 17.7 Å². The average Bonchev–Trinajstić information content (AvgIpc) is 2.40. The lowest BCUT2D eigenvalue weighted by molar-refractivity contribution is 0.628. The van der Waals surface area contributed by atoms with E-state index in [2.05, 4.69) is 22.2 Å². The van der Waals surface area contributed by atoms with Gasteiger partial charge in [-0.3, -0.25) is 10.9 Å². The van der Waals surface area contributed by atoms with E-state index in [1.54, 1.807) is 6.07 Å². The highest BCUT2D eigenvalue weighted by Crippen LogP contribution is 2.19. The number of hydrogen-bond acceptors (Lipinski definition) is 2. The maximum Gasteiger partial charge on any atom is 0.189 e. The summed E-state index contributed by atoms with van der Waals surface area (Å²) >= 11 is 10.9. The highest BCUT2D eigenvalue weighted by molar-refractivity contribution is 7.80. The van der Waals surface area contributed by atoms with E-state index in [4.69, 9.17) is 23.8 Å². The van der Waals surface area contributed by atoms with E-state index in [0.29, 0.717) is 10.8 Å². The zero-order valence-corrected chi connectivity index (χ0v) is 13.2. The van der Waals surface area contributed by atoms with Crippen LogP contribution in [-0.4, -0.2) is 5.11 Å². The molecule has 0 saturated heterocycles. The number of aryl methyl sites for hydroxylation is 2. The van der Waals surface area contributed by atoms with Crippen LogP contribution < -0.4 is 16.2 Å². The molecule has 0 bridgehead atoms.